The number of hydrogen-bond donors (Lipinski definition) is 1. The van der Waals surface area contributed by atoms with E-state index in [1.807, 2.05) is 0 Å². The molecule has 1 N–H and O–H groups in total. The van der Waals surface area contributed by atoms with Crippen molar-refractivity contribution in [3.8, 4) is 0 Å². The molecule has 3 aliphatic rings. The van der Waals surface area contributed by atoms with Crippen molar-refractivity contribution in [1.29, 1.82) is 0 Å². The van der Waals surface area contributed by atoms with E-state index in [0.29, 0.717) is 18.1 Å². The molecule has 4 rings (SSSR count). The standard InChI is InChI=1S/C19H29N3O/c1-21(11-16-7-8-16)17-13-23-14-18-19(17)20-9-10-22(18)12-15-5-3-2-4-6-15/h2-6,16-20H,7-14H2,1H3/t17-,18?,19?/m0/s1. The fraction of sp³-hybridized carbons (Fsp3) is 0.684. The minimum absolute atomic E-state index is 0.490. The molecule has 1 aliphatic carbocycles. The van der Waals surface area contributed by atoms with E-state index < -0.39 is 0 Å². The van der Waals surface area contributed by atoms with Crippen LogP contribution in [0.4, 0.5) is 0 Å². The van der Waals surface area contributed by atoms with Gasteiger partial charge in [0.2, 0.25) is 0 Å². The summed E-state index contributed by atoms with van der Waals surface area (Å²) in [4.78, 5) is 5.17. The van der Waals surface area contributed by atoms with E-state index in [1.54, 1.807) is 0 Å². The first-order chi connectivity index (χ1) is 11.3. The Morgan fingerprint density at radius 3 is 2.83 bits per heavy atom. The zero-order valence-electron chi connectivity index (χ0n) is 14.2. The molecule has 0 amide bonds. The van der Waals surface area contributed by atoms with Crippen molar-refractivity contribution < 1.29 is 4.74 Å². The first kappa shape index (κ1) is 15.6. The summed E-state index contributed by atoms with van der Waals surface area (Å²) in [5.74, 6) is 0.935. The van der Waals surface area contributed by atoms with Gasteiger partial charge in [-0.2, -0.15) is 0 Å². The van der Waals surface area contributed by atoms with Crippen LogP contribution in [0.5, 0.6) is 0 Å². The van der Waals surface area contributed by atoms with Gasteiger partial charge < -0.3 is 10.1 Å². The van der Waals surface area contributed by atoms with E-state index in [4.69, 9.17) is 4.74 Å². The number of fused-ring (bicyclic) bond motifs is 1. The van der Waals surface area contributed by atoms with Crippen molar-refractivity contribution in [3.63, 3.8) is 0 Å². The number of ether oxygens (including phenoxy) is 1. The molecule has 23 heavy (non-hydrogen) atoms. The highest BCUT2D eigenvalue weighted by Gasteiger charge is 2.42. The van der Waals surface area contributed by atoms with Crippen LogP contribution >= 0.6 is 0 Å². The molecule has 0 aromatic heterocycles. The van der Waals surface area contributed by atoms with Crippen LogP contribution in [0.25, 0.3) is 0 Å². The average Bonchev–Trinajstić information content (AvgIpc) is 3.39. The Labute approximate surface area is 139 Å². The third-order valence-corrected chi connectivity index (χ3v) is 5.69. The highest BCUT2D eigenvalue weighted by molar-refractivity contribution is 5.15. The quantitative estimate of drug-likeness (QED) is 0.893. The molecule has 2 aliphatic heterocycles. The van der Waals surface area contributed by atoms with Gasteiger partial charge in [-0.15, -0.1) is 0 Å². The molecule has 0 bridgehead atoms. The van der Waals surface area contributed by atoms with Crippen LogP contribution in [0.15, 0.2) is 30.3 Å². The van der Waals surface area contributed by atoms with E-state index in [2.05, 4.69) is 52.5 Å². The third kappa shape index (κ3) is 3.61. The topological polar surface area (TPSA) is 27.7 Å². The fourth-order valence-electron chi connectivity index (χ4n) is 4.18. The number of hydrogen-bond acceptors (Lipinski definition) is 4. The van der Waals surface area contributed by atoms with Crippen LogP contribution in [-0.4, -0.2) is 67.8 Å². The van der Waals surface area contributed by atoms with Crippen LogP contribution in [0, 0.1) is 5.92 Å². The number of benzene rings is 1. The van der Waals surface area contributed by atoms with E-state index >= 15 is 0 Å². The molecule has 2 heterocycles. The number of nitrogens with zero attached hydrogens (tertiary/aromatic N) is 2. The maximum Gasteiger partial charge on any atom is 0.0638 e. The lowest BCUT2D eigenvalue weighted by molar-refractivity contribution is -0.0683. The number of rotatable bonds is 5. The molecule has 3 fully saturated rings. The number of likely N-dealkylation sites (N-methyl/N-ethyl adjacent to an activating group) is 1. The molecular formula is C19H29N3O. The van der Waals surface area contributed by atoms with E-state index in [-0.39, 0.29) is 0 Å². The van der Waals surface area contributed by atoms with Crippen molar-refractivity contribution in [2.75, 3.05) is 39.9 Å². The Balaban J connectivity index is 1.44. The normalized spacial score (nSPS) is 32.0. The summed E-state index contributed by atoms with van der Waals surface area (Å²) in [6, 6.07) is 12.4. The molecule has 3 atom stereocenters. The van der Waals surface area contributed by atoms with Crippen molar-refractivity contribution in [2.24, 2.45) is 5.92 Å². The smallest absolute Gasteiger partial charge is 0.0638 e. The molecular weight excluding hydrogens is 286 g/mol. The third-order valence-electron chi connectivity index (χ3n) is 5.69. The van der Waals surface area contributed by atoms with Crippen LogP contribution in [0.2, 0.25) is 0 Å². The summed E-state index contributed by atoms with van der Waals surface area (Å²) < 4.78 is 6.02. The van der Waals surface area contributed by atoms with Crippen molar-refractivity contribution in [1.82, 2.24) is 15.1 Å². The summed E-state index contributed by atoms with van der Waals surface area (Å²) >= 11 is 0. The molecule has 0 spiro atoms. The highest BCUT2D eigenvalue weighted by Crippen LogP contribution is 2.31. The number of piperazine rings is 1. The van der Waals surface area contributed by atoms with Gasteiger partial charge in [-0.1, -0.05) is 30.3 Å². The second-order valence-electron chi connectivity index (χ2n) is 7.49. The SMILES string of the molecule is CN(CC1CC1)[C@H]1COCC2C1NCCN2Cc1ccccc1. The Hall–Kier alpha value is -0.940. The fourth-order valence-corrected chi connectivity index (χ4v) is 4.18. The predicted molar refractivity (Wildman–Crippen MR) is 92.4 cm³/mol. The van der Waals surface area contributed by atoms with Gasteiger partial charge in [0.1, 0.15) is 0 Å². The summed E-state index contributed by atoms with van der Waals surface area (Å²) in [5.41, 5.74) is 1.40. The maximum absolute atomic E-state index is 6.02. The first-order valence-electron chi connectivity index (χ1n) is 9.10. The van der Waals surface area contributed by atoms with E-state index in [1.165, 1.54) is 24.9 Å². The van der Waals surface area contributed by atoms with Gasteiger partial charge in [0.25, 0.3) is 0 Å². The molecule has 126 valence electrons. The lowest BCUT2D eigenvalue weighted by atomic mass is 9.93. The average molecular weight is 315 g/mol. The van der Waals surface area contributed by atoms with Gasteiger partial charge in [0, 0.05) is 38.3 Å². The zero-order valence-corrected chi connectivity index (χ0v) is 14.2. The van der Waals surface area contributed by atoms with Crippen molar-refractivity contribution in [3.05, 3.63) is 35.9 Å². The first-order valence-corrected chi connectivity index (χ1v) is 9.10. The van der Waals surface area contributed by atoms with Gasteiger partial charge in [-0.3, -0.25) is 9.80 Å². The van der Waals surface area contributed by atoms with Gasteiger partial charge in [-0.05, 0) is 31.4 Å². The van der Waals surface area contributed by atoms with E-state index in [0.717, 1.165) is 38.8 Å². The molecule has 4 heteroatoms. The molecule has 0 radical (unpaired) electrons. The Morgan fingerprint density at radius 2 is 2.04 bits per heavy atom. The summed E-state index contributed by atoms with van der Waals surface area (Å²) in [6.07, 6.45) is 2.83. The van der Waals surface area contributed by atoms with Gasteiger partial charge in [0.15, 0.2) is 0 Å². The van der Waals surface area contributed by atoms with Crippen LogP contribution in [0.3, 0.4) is 0 Å². The Morgan fingerprint density at radius 1 is 1.22 bits per heavy atom. The van der Waals surface area contributed by atoms with Crippen molar-refractivity contribution >= 4 is 0 Å². The molecule has 2 unspecified atom stereocenters. The zero-order chi connectivity index (χ0) is 15.6. The maximum atomic E-state index is 6.02. The predicted octanol–water partition coefficient (Wildman–Crippen LogP) is 1.57. The largest absolute Gasteiger partial charge is 0.378 e. The molecule has 2 saturated heterocycles. The number of nitrogens with one attached hydrogen (secondary N) is 1. The van der Waals surface area contributed by atoms with Gasteiger partial charge >= 0.3 is 0 Å². The van der Waals surface area contributed by atoms with Crippen LogP contribution < -0.4 is 5.32 Å². The second kappa shape index (κ2) is 6.89. The van der Waals surface area contributed by atoms with Crippen LogP contribution in [0.1, 0.15) is 18.4 Å². The van der Waals surface area contributed by atoms with Gasteiger partial charge in [-0.25, -0.2) is 0 Å². The lowest BCUT2D eigenvalue weighted by Gasteiger charge is -2.50. The summed E-state index contributed by atoms with van der Waals surface area (Å²) in [7, 11) is 2.28. The monoisotopic (exact) mass is 315 g/mol. The molecule has 1 aromatic carbocycles. The van der Waals surface area contributed by atoms with Crippen molar-refractivity contribution in [2.45, 2.75) is 37.5 Å². The molecule has 1 aromatic rings. The van der Waals surface area contributed by atoms with Crippen LogP contribution in [-0.2, 0) is 11.3 Å². The minimum Gasteiger partial charge on any atom is -0.378 e. The molecule has 4 nitrogen and oxygen atoms in total. The highest BCUT2D eigenvalue weighted by atomic mass is 16.5. The molecule has 1 saturated carbocycles. The lowest BCUT2D eigenvalue weighted by Crippen LogP contribution is -2.69. The Kier molecular flexibility index (Phi) is 4.67. The van der Waals surface area contributed by atoms with E-state index in [9.17, 15) is 0 Å². The minimum atomic E-state index is 0.490. The Bertz CT molecular complexity index is 505. The summed E-state index contributed by atoms with van der Waals surface area (Å²) in [6.45, 7) is 6.19. The summed E-state index contributed by atoms with van der Waals surface area (Å²) in [5, 5.41) is 3.80. The second-order valence-corrected chi connectivity index (χ2v) is 7.49. The van der Waals surface area contributed by atoms with Gasteiger partial charge in [0.05, 0.1) is 19.3 Å².